The largest absolute Gasteiger partial charge is 0.507 e. The molecule has 0 bridgehead atoms. The van der Waals surface area contributed by atoms with Crippen LogP contribution in [0.4, 0.5) is 17.5 Å². The quantitative estimate of drug-likeness (QED) is 0.354. The van der Waals surface area contributed by atoms with E-state index >= 15 is 0 Å². The van der Waals surface area contributed by atoms with Gasteiger partial charge in [0.1, 0.15) is 11.3 Å². The Balaban J connectivity index is 2.08. The molecular weight excluding hydrogens is 378 g/mol. The molecule has 0 radical (unpaired) electrons. The highest BCUT2D eigenvalue weighted by atomic mass is 16.4. The number of aromatic carboxylic acids is 1. The number of carbonyl (C=O) groups is 1. The smallest absolute Gasteiger partial charge is 0.339 e. The normalized spacial score (nSPS) is 12.3. The molecule has 1 atom stereocenters. The van der Waals surface area contributed by atoms with Crippen molar-refractivity contribution >= 4 is 34.6 Å². The van der Waals surface area contributed by atoms with Gasteiger partial charge in [0.2, 0.25) is 5.95 Å². The van der Waals surface area contributed by atoms with Crippen LogP contribution >= 0.6 is 0 Å². The van der Waals surface area contributed by atoms with Gasteiger partial charge < -0.3 is 26.0 Å². The van der Waals surface area contributed by atoms with Crippen molar-refractivity contribution in [1.82, 2.24) is 25.0 Å². The number of aromatic hydroxyl groups is 1. The van der Waals surface area contributed by atoms with Gasteiger partial charge in [0.25, 0.3) is 0 Å². The maximum absolute atomic E-state index is 11.3. The van der Waals surface area contributed by atoms with E-state index in [0.717, 1.165) is 0 Å². The monoisotopic (exact) mass is 401 g/mol. The van der Waals surface area contributed by atoms with Crippen molar-refractivity contribution in [3.63, 3.8) is 0 Å². The fraction of sp³-hybridized carbons (Fsp3) is 0.389. The third-order valence-electron chi connectivity index (χ3n) is 4.35. The summed E-state index contributed by atoms with van der Waals surface area (Å²) in [6.45, 7) is 5.73. The highest BCUT2D eigenvalue weighted by Gasteiger charge is 2.19. The van der Waals surface area contributed by atoms with Gasteiger partial charge in [0.15, 0.2) is 17.0 Å². The predicted octanol–water partition coefficient (Wildman–Crippen LogP) is 2.13. The zero-order valence-electron chi connectivity index (χ0n) is 16.3. The number of aliphatic hydroxyl groups is 1. The molecule has 0 saturated heterocycles. The van der Waals surface area contributed by atoms with Gasteiger partial charge in [-0.3, -0.25) is 0 Å². The second kappa shape index (κ2) is 8.27. The van der Waals surface area contributed by atoms with Crippen LogP contribution in [-0.4, -0.2) is 58.9 Å². The number of nitrogens with one attached hydrogen (secondary N) is 2. The van der Waals surface area contributed by atoms with Crippen molar-refractivity contribution in [3.8, 4) is 5.75 Å². The van der Waals surface area contributed by atoms with Crippen LogP contribution in [0.15, 0.2) is 18.2 Å². The number of carboxylic acids is 1. The number of aromatic nitrogens is 5. The van der Waals surface area contributed by atoms with E-state index < -0.39 is 5.97 Å². The molecule has 0 aliphatic heterocycles. The van der Waals surface area contributed by atoms with Crippen LogP contribution in [-0.2, 0) is 0 Å². The molecule has 1 aromatic carbocycles. The average Bonchev–Trinajstić information content (AvgIpc) is 3.12. The fourth-order valence-corrected chi connectivity index (χ4v) is 2.71. The van der Waals surface area contributed by atoms with E-state index in [2.05, 4.69) is 30.9 Å². The summed E-state index contributed by atoms with van der Waals surface area (Å²) >= 11 is 0. The van der Waals surface area contributed by atoms with Crippen LogP contribution in [0.25, 0.3) is 11.2 Å². The average molecular weight is 401 g/mol. The number of hydrogen-bond acceptors (Lipinski definition) is 9. The molecule has 29 heavy (non-hydrogen) atoms. The second-order valence-corrected chi connectivity index (χ2v) is 6.79. The summed E-state index contributed by atoms with van der Waals surface area (Å²) in [6, 6.07) is 3.89. The predicted molar refractivity (Wildman–Crippen MR) is 107 cm³/mol. The molecule has 2 aromatic heterocycles. The number of carboxylic acid groups (broad SMARTS) is 1. The first-order chi connectivity index (χ1) is 13.8. The fourth-order valence-electron chi connectivity index (χ4n) is 2.71. The van der Waals surface area contributed by atoms with E-state index in [1.807, 2.05) is 20.8 Å². The first-order valence-electron chi connectivity index (χ1n) is 9.17. The molecular formula is C18H23N7O4. The lowest BCUT2D eigenvalue weighted by atomic mass is 10.2. The minimum atomic E-state index is -1.25. The molecule has 0 fully saturated rings. The van der Waals surface area contributed by atoms with Crippen molar-refractivity contribution in [2.24, 2.45) is 0 Å². The Bertz CT molecular complexity index is 1030. The summed E-state index contributed by atoms with van der Waals surface area (Å²) in [7, 11) is 0. The molecule has 1 unspecified atom stereocenters. The lowest BCUT2D eigenvalue weighted by Gasteiger charge is -2.15. The van der Waals surface area contributed by atoms with Crippen LogP contribution in [0.3, 0.4) is 0 Å². The minimum Gasteiger partial charge on any atom is -0.507 e. The third kappa shape index (κ3) is 4.19. The summed E-state index contributed by atoms with van der Waals surface area (Å²) in [5, 5.41) is 42.8. The summed E-state index contributed by atoms with van der Waals surface area (Å²) in [4.78, 5) is 20.2. The first kappa shape index (κ1) is 20.3. The summed E-state index contributed by atoms with van der Waals surface area (Å²) in [5.41, 5.74) is 1.06. The number of fused-ring (bicyclic) bond motifs is 1. The van der Waals surface area contributed by atoms with Gasteiger partial charge >= 0.3 is 5.97 Å². The van der Waals surface area contributed by atoms with Gasteiger partial charge in [-0.25, -0.2) is 9.48 Å². The number of phenols is 1. The molecule has 11 nitrogen and oxygen atoms in total. The number of nitrogens with zero attached hydrogens (tertiary/aromatic N) is 5. The maximum atomic E-state index is 11.3. The van der Waals surface area contributed by atoms with Crippen LogP contribution in [0, 0.1) is 0 Å². The zero-order valence-corrected chi connectivity index (χ0v) is 16.3. The lowest BCUT2D eigenvalue weighted by molar-refractivity contribution is 0.0694. The standard InChI is InChI=1S/C18H23N7O4/c1-4-10(8-26)20-18-21-15(14-16(22-18)25(9(2)3)24-23-14)19-11-5-6-13(27)12(7-11)17(28)29/h5-7,9-10,26-27H,4,8H2,1-3H3,(H,28,29)(H2,19,20,21,22). The number of benzene rings is 1. The molecule has 5 N–H and O–H groups in total. The van der Waals surface area contributed by atoms with Crippen molar-refractivity contribution < 1.29 is 20.1 Å². The van der Waals surface area contributed by atoms with Crippen LogP contribution < -0.4 is 10.6 Å². The van der Waals surface area contributed by atoms with Gasteiger partial charge in [-0.2, -0.15) is 9.97 Å². The molecule has 0 saturated carbocycles. The van der Waals surface area contributed by atoms with E-state index in [-0.39, 0.29) is 36.0 Å². The Morgan fingerprint density at radius 3 is 2.66 bits per heavy atom. The van der Waals surface area contributed by atoms with Crippen molar-refractivity contribution in [1.29, 1.82) is 0 Å². The number of hydrogen-bond donors (Lipinski definition) is 5. The molecule has 0 aliphatic carbocycles. The third-order valence-corrected chi connectivity index (χ3v) is 4.35. The van der Waals surface area contributed by atoms with Gasteiger partial charge in [-0.15, -0.1) is 5.10 Å². The second-order valence-electron chi connectivity index (χ2n) is 6.79. The first-order valence-corrected chi connectivity index (χ1v) is 9.17. The van der Waals surface area contributed by atoms with Gasteiger partial charge in [-0.1, -0.05) is 12.1 Å². The van der Waals surface area contributed by atoms with Gasteiger partial charge in [-0.05, 0) is 38.5 Å². The number of aliphatic hydroxyl groups excluding tert-OH is 1. The van der Waals surface area contributed by atoms with Crippen LogP contribution in [0.2, 0.25) is 0 Å². The van der Waals surface area contributed by atoms with Gasteiger partial charge in [0, 0.05) is 5.69 Å². The highest BCUT2D eigenvalue weighted by molar-refractivity contribution is 5.93. The Labute approximate surface area is 166 Å². The number of rotatable bonds is 8. The summed E-state index contributed by atoms with van der Waals surface area (Å²) < 4.78 is 1.65. The Kier molecular flexibility index (Phi) is 5.78. The van der Waals surface area contributed by atoms with Crippen molar-refractivity contribution in [2.75, 3.05) is 17.2 Å². The van der Waals surface area contributed by atoms with E-state index in [0.29, 0.717) is 29.1 Å². The number of anilines is 3. The molecule has 3 aromatic rings. The summed E-state index contributed by atoms with van der Waals surface area (Å²) in [5.74, 6) is -0.986. The zero-order chi connectivity index (χ0) is 21.1. The highest BCUT2D eigenvalue weighted by Crippen LogP contribution is 2.28. The maximum Gasteiger partial charge on any atom is 0.339 e. The molecule has 0 spiro atoms. The molecule has 11 heteroatoms. The summed E-state index contributed by atoms with van der Waals surface area (Å²) in [6.07, 6.45) is 0.669. The van der Waals surface area contributed by atoms with Crippen LogP contribution in [0.1, 0.15) is 43.6 Å². The Morgan fingerprint density at radius 2 is 2.03 bits per heavy atom. The molecule has 2 heterocycles. The van der Waals surface area contributed by atoms with E-state index in [1.54, 1.807) is 4.68 Å². The minimum absolute atomic E-state index is 0.00250. The lowest BCUT2D eigenvalue weighted by Crippen LogP contribution is -2.24. The molecule has 0 amide bonds. The molecule has 3 rings (SSSR count). The van der Waals surface area contributed by atoms with Gasteiger partial charge in [0.05, 0.1) is 18.7 Å². The van der Waals surface area contributed by atoms with E-state index in [4.69, 9.17) is 0 Å². The topological polar surface area (TPSA) is 158 Å². The molecule has 0 aliphatic rings. The Morgan fingerprint density at radius 1 is 1.28 bits per heavy atom. The van der Waals surface area contributed by atoms with E-state index in [1.165, 1.54) is 18.2 Å². The molecule has 154 valence electrons. The van der Waals surface area contributed by atoms with Crippen LogP contribution in [0.5, 0.6) is 5.75 Å². The van der Waals surface area contributed by atoms with E-state index in [9.17, 15) is 20.1 Å². The SMILES string of the molecule is CCC(CO)Nc1nc(Nc2ccc(O)c(C(=O)O)c2)c2nnn(C(C)C)c2n1. The Hall–Kier alpha value is -3.47. The van der Waals surface area contributed by atoms with Crippen molar-refractivity contribution in [2.45, 2.75) is 39.3 Å². The van der Waals surface area contributed by atoms with Crippen molar-refractivity contribution in [3.05, 3.63) is 23.8 Å².